The maximum Gasteiger partial charge on any atom is 0.235 e. The van der Waals surface area contributed by atoms with Crippen LogP contribution in [0, 0.1) is 11.3 Å². The Bertz CT molecular complexity index is 958. The number of halogens is 1. The Morgan fingerprint density at radius 3 is 2.81 bits per heavy atom. The Hall–Kier alpha value is -2.34. The Morgan fingerprint density at radius 1 is 1.35 bits per heavy atom. The lowest BCUT2D eigenvalue weighted by Crippen LogP contribution is -2.14. The van der Waals surface area contributed by atoms with Crippen molar-refractivity contribution in [3.63, 3.8) is 0 Å². The molecule has 3 aromatic rings. The molecule has 0 unspecified atom stereocenters. The number of hydrogen-bond donors (Lipinski definition) is 1. The fourth-order valence-electron chi connectivity index (χ4n) is 2.28. The normalized spacial score (nSPS) is 10.5. The molecule has 26 heavy (non-hydrogen) atoms. The van der Waals surface area contributed by atoms with Crippen molar-refractivity contribution >= 4 is 45.6 Å². The van der Waals surface area contributed by atoms with Gasteiger partial charge in [-0.15, -0.1) is 21.5 Å². The molecule has 0 saturated carbocycles. The number of nitriles is 1. The van der Waals surface area contributed by atoms with Crippen LogP contribution in [0.25, 0.3) is 11.4 Å². The summed E-state index contributed by atoms with van der Waals surface area (Å²) < 4.78 is 1.95. The number of anilines is 1. The van der Waals surface area contributed by atoms with Gasteiger partial charge < -0.3 is 9.88 Å². The largest absolute Gasteiger partial charge is 0.316 e. The maximum absolute atomic E-state index is 12.2. The van der Waals surface area contributed by atoms with E-state index in [1.54, 1.807) is 23.6 Å². The summed E-state index contributed by atoms with van der Waals surface area (Å²) in [7, 11) is 0. The van der Waals surface area contributed by atoms with Gasteiger partial charge in [-0.1, -0.05) is 23.4 Å². The van der Waals surface area contributed by atoms with Crippen molar-refractivity contribution in [2.75, 3.05) is 11.1 Å². The minimum Gasteiger partial charge on any atom is -0.316 e. The van der Waals surface area contributed by atoms with Gasteiger partial charge in [0.2, 0.25) is 5.91 Å². The summed E-state index contributed by atoms with van der Waals surface area (Å²) in [5, 5.41) is 23.9. The Balaban J connectivity index is 1.69. The van der Waals surface area contributed by atoms with E-state index in [-0.39, 0.29) is 11.7 Å². The van der Waals surface area contributed by atoms with Crippen LogP contribution in [0.4, 0.5) is 5.00 Å². The molecule has 0 fully saturated rings. The zero-order chi connectivity index (χ0) is 18.5. The van der Waals surface area contributed by atoms with Crippen LogP contribution < -0.4 is 5.32 Å². The second-order valence-corrected chi connectivity index (χ2v) is 7.46. The third-order valence-corrected chi connectivity index (χ3v) is 5.56. The van der Waals surface area contributed by atoms with E-state index in [4.69, 9.17) is 16.9 Å². The van der Waals surface area contributed by atoms with Crippen LogP contribution in [0.2, 0.25) is 5.02 Å². The first-order chi connectivity index (χ1) is 12.6. The lowest BCUT2D eigenvalue weighted by atomic mass is 10.2. The van der Waals surface area contributed by atoms with E-state index in [0.29, 0.717) is 27.3 Å². The molecule has 1 amide bonds. The molecular weight excluding hydrogens is 390 g/mol. The molecule has 0 aliphatic rings. The van der Waals surface area contributed by atoms with Crippen molar-refractivity contribution in [2.45, 2.75) is 18.6 Å². The van der Waals surface area contributed by atoms with Crippen LogP contribution in [0.1, 0.15) is 12.5 Å². The summed E-state index contributed by atoms with van der Waals surface area (Å²) in [6.07, 6.45) is 0. The number of aromatic nitrogens is 3. The number of carbonyl (C=O) groups is 1. The highest BCUT2D eigenvalue weighted by atomic mass is 35.5. The van der Waals surface area contributed by atoms with E-state index in [1.165, 1.54) is 23.1 Å². The molecule has 3 rings (SSSR count). The number of carbonyl (C=O) groups excluding carboxylic acids is 1. The van der Waals surface area contributed by atoms with Gasteiger partial charge in [0.05, 0.1) is 11.3 Å². The lowest BCUT2D eigenvalue weighted by molar-refractivity contribution is -0.113. The molecule has 2 aromatic heterocycles. The third kappa shape index (κ3) is 4.07. The van der Waals surface area contributed by atoms with Crippen molar-refractivity contribution in [3.8, 4) is 17.5 Å². The number of thioether (sulfide) groups is 1. The molecule has 1 aromatic carbocycles. The summed E-state index contributed by atoms with van der Waals surface area (Å²) in [6.45, 7) is 2.68. The molecule has 0 atom stereocenters. The van der Waals surface area contributed by atoms with Crippen LogP contribution >= 0.6 is 34.7 Å². The average molecular weight is 404 g/mol. The van der Waals surface area contributed by atoms with Crippen LogP contribution in [-0.4, -0.2) is 26.4 Å². The smallest absolute Gasteiger partial charge is 0.235 e. The Kier molecular flexibility index (Phi) is 5.93. The summed E-state index contributed by atoms with van der Waals surface area (Å²) in [6, 6.07) is 11.1. The van der Waals surface area contributed by atoms with Gasteiger partial charge in [-0.25, -0.2) is 0 Å². The van der Waals surface area contributed by atoms with Crippen molar-refractivity contribution in [1.29, 1.82) is 5.26 Å². The molecule has 1 N–H and O–H groups in total. The van der Waals surface area contributed by atoms with E-state index in [9.17, 15) is 4.79 Å². The highest BCUT2D eigenvalue weighted by Gasteiger charge is 2.15. The zero-order valence-electron chi connectivity index (χ0n) is 13.8. The SMILES string of the molecule is CCn1c(SCC(=O)Nc2sccc2C#N)nnc1-c1ccc(Cl)cc1. The predicted molar refractivity (Wildman–Crippen MR) is 105 cm³/mol. The Morgan fingerprint density at radius 2 is 2.12 bits per heavy atom. The molecule has 2 heterocycles. The van der Waals surface area contributed by atoms with Gasteiger partial charge >= 0.3 is 0 Å². The third-order valence-electron chi connectivity index (χ3n) is 3.51. The highest BCUT2D eigenvalue weighted by Crippen LogP contribution is 2.26. The number of hydrogen-bond acceptors (Lipinski definition) is 6. The summed E-state index contributed by atoms with van der Waals surface area (Å²) >= 11 is 8.57. The number of nitrogens with zero attached hydrogens (tertiary/aromatic N) is 4. The minimum atomic E-state index is -0.187. The Labute approximate surface area is 163 Å². The monoisotopic (exact) mass is 403 g/mol. The van der Waals surface area contributed by atoms with Crippen molar-refractivity contribution < 1.29 is 4.79 Å². The van der Waals surface area contributed by atoms with E-state index in [2.05, 4.69) is 21.6 Å². The number of thiophene rings is 1. The first-order valence-electron chi connectivity index (χ1n) is 7.71. The fourth-order valence-corrected chi connectivity index (χ4v) is 3.96. The van der Waals surface area contributed by atoms with Crippen molar-refractivity contribution in [3.05, 3.63) is 46.3 Å². The molecule has 0 saturated heterocycles. The standard InChI is InChI=1S/C17H14ClN5OS2/c1-2-23-15(11-3-5-13(18)6-4-11)21-22-17(23)26-10-14(24)20-16-12(9-19)7-8-25-16/h3-8H,2,10H2,1H3,(H,20,24). The number of benzene rings is 1. The predicted octanol–water partition coefficient (Wildman–Crippen LogP) is 4.28. The van der Waals surface area contributed by atoms with Gasteiger partial charge in [-0.3, -0.25) is 4.79 Å². The average Bonchev–Trinajstić information content (AvgIpc) is 3.26. The van der Waals surface area contributed by atoms with Gasteiger partial charge in [0.25, 0.3) is 0 Å². The summed E-state index contributed by atoms with van der Waals surface area (Å²) in [5.41, 5.74) is 1.38. The number of nitrogens with one attached hydrogen (secondary N) is 1. The van der Waals surface area contributed by atoms with E-state index in [0.717, 1.165) is 11.4 Å². The lowest BCUT2D eigenvalue weighted by Gasteiger charge is -2.07. The van der Waals surface area contributed by atoms with E-state index < -0.39 is 0 Å². The van der Waals surface area contributed by atoms with E-state index >= 15 is 0 Å². The van der Waals surface area contributed by atoms with E-state index in [1.807, 2.05) is 23.6 Å². The van der Waals surface area contributed by atoms with Crippen molar-refractivity contribution in [1.82, 2.24) is 14.8 Å². The molecule has 0 aliphatic heterocycles. The van der Waals surface area contributed by atoms with Crippen molar-refractivity contribution in [2.24, 2.45) is 0 Å². The zero-order valence-corrected chi connectivity index (χ0v) is 16.2. The molecule has 0 spiro atoms. The topological polar surface area (TPSA) is 83.6 Å². The van der Waals surface area contributed by atoms with Gasteiger partial charge in [0, 0.05) is 17.1 Å². The van der Waals surface area contributed by atoms with Crippen LogP contribution in [-0.2, 0) is 11.3 Å². The number of amides is 1. The highest BCUT2D eigenvalue weighted by molar-refractivity contribution is 7.99. The second-order valence-electron chi connectivity index (χ2n) is 5.17. The molecule has 132 valence electrons. The number of rotatable bonds is 6. The van der Waals surface area contributed by atoms with Crippen LogP contribution in [0.5, 0.6) is 0 Å². The van der Waals surface area contributed by atoms with Gasteiger partial charge in [-0.2, -0.15) is 5.26 Å². The molecule has 0 radical (unpaired) electrons. The van der Waals surface area contributed by atoms with Gasteiger partial charge in [0.1, 0.15) is 11.1 Å². The molecular formula is C17H14ClN5OS2. The van der Waals surface area contributed by atoms with Crippen LogP contribution in [0.15, 0.2) is 40.9 Å². The first kappa shape index (κ1) is 18.5. The molecule has 9 heteroatoms. The first-order valence-corrected chi connectivity index (χ1v) is 9.96. The van der Waals surface area contributed by atoms with Crippen LogP contribution in [0.3, 0.4) is 0 Å². The molecule has 0 bridgehead atoms. The fraction of sp³-hybridized carbons (Fsp3) is 0.176. The van der Waals surface area contributed by atoms with Gasteiger partial charge in [0.15, 0.2) is 11.0 Å². The quantitative estimate of drug-likeness (QED) is 0.621. The maximum atomic E-state index is 12.2. The second kappa shape index (κ2) is 8.36. The molecule has 6 nitrogen and oxygen atoms in total. The summed E-state index contributed by atoms with van der Waals surface area (Å²) in [4.78, 5) is 12.2. The summed E-state index contributed by atoms with van der Waals surface area (Å²) in [5.74, 6) is 0.728. The van der Waals surface area contributed by atoms with Gasteiger partial charge in [-0.05, 0) is 42.6 Å². The minimum absolute atomic E-state index is 0.182. The molecule has 0 aliphatic carbocycles.